The lowest BCUT2D eigenvalue weighted by Gasteiger charge is -2.37. The smallest absolute Gasteiger partial charge is 0.261 e. The average molecular weight is 294 g/mol. The lowest BCUT2D eigenvalue weighted by atomic mass is 9.99. The number of rotatable bonds is 4. The van der Waals surface area contributed by atoms with Crippen molar-refractivity contribution in [3.05, 3.63) is 22.4 Å². The van der Waals surface area contributed by atoms with Crippen LogP contribution in [-0.4, -0.2) is 35.3 Å². The molecule has 0 aliphatic carbocycles. The molecule has 5 heteroatoms. The van der Waals surface area contributed by atoms with Gasteiger partial charge in [0.15, 0.2) is 0 Å². The Morgan fingerprint density at radius 1 is 1.50 bits per heavy atom. The van der Waals surface area contributed by atoms with Crippen molar-refractivity contribution in [2.45, 2.75) is 51.6 Å². The monoisotopic (exact) mass is 294 g/mol. The second-order valence-electron chi connectivity index (χ2n) is 5.26. The normalized spacial score (nSPS) is 20.5. The highest BCUT2D eigenvalue weighted by Crippen LogP contribution is 2.20. The van der Waals surface area contributed by atoms with Crippen molar-refractivity contribution in [3.63, 3.8) is 0 Å². The zero-order valence-electron chi connectivity index (χ0n) is 12.1. The summed E-state index contributed by atoms with van der Waals surface area (Å²) in [4.78, 5) is 27.1. The second kappa shape index (κ2) is 6.88. The molecule has 110 valence electrons. The summed E-state index contributed by atoms with van der Waals surface area (Å²) in [6.45, 7) is 4.71. The molecule has 1 aliphatic heterocycles. The average Bonchev–Trinajstić information content (AvgIpc) is 3.00. The Morgan fingerprint density at radius 3 is 2.95 bits per heavy atom. The number of likely N-dealkylation sites (tertiary alicyclic amines) is 1. The van der Waals surface area contributed by atoms with E-state index >= 15 is 0 Å². The van der Waals surface area contributed by atoms with Gasteiger partial charge in [0.2, 0.25) is 5.91 Å². The first-order valence-electron chi connectivity index (χ1n) is 7.28. The van der Waals surface area contributed by atoms with Gasteiger partial charge in [-0.1, -0.05) is 13.0 Å². The molecule has 1 aromatic heterocycles. The molecule has 4 nitrogen and oxygen atoms in total. The fourth-order valence-electron chi connectivity index (χ4n) is 2.70. The van der Waals surface area contributed by atoms with E-state index in [9.17, 15) is 9.59 Å². The van der Waals surface area contributed by atoms with E-state index < -0.39 is 6.04 Å². The first kappa shape index (κ1) is 15.0. The Hall–Kier alpha value is -1.36. The summed E-state index contributed by atoms with van der Waals surface area (Å²) < 4.78 is 0. The van der Waals surface area contributed by atoms with E-state index in [0.717, 1.165) is 25.8 Å². The van der Waals surface area contributed by atoms with Crippen LogP contribution in [0.4, 0.5) is 0 Å². The van der Waals surface area contributed by atoms with E-state index in [1.54, 1.807) is 13.0 Å². The van der Waals surface area contributed by atoms with E-state index in [-0.39, 0.29) is 11.8 Å². The van der Waals surface area contributed by atoms with Gasteiger partial charge in [0.25, 0.3) is 5.91 Å². The number of nitrogens with zero attached hydrogens (tertiary/aromatic N) is 1. The molecular formula is C15H22N2O2S. The molecule has 2 amide bonds. The molecule has 1 fully saturated rings. The molecule has 1 aliphatic rings. The number of hydrogen-bond acceptors (Lipinski definition) is 3. The van der Waals surface area contributed by atoms with Crippen molar-refractivity contribution in [2.75, 3.05) is 6.54 Å². The van der Waals surface area contributed by atoms with E-state index in [4.69, 9.17) is 0 Å². The van der Waals surface area contributed by atoms with Crippen LogP contribution in [-0.2, 0) is 4.79 Å². The number of piperidine rings is 1. The molecule has 2 atom stereocenters. The standard InChI is InChI=1S/C15H22N2O2S/c1-3-12-7-4-5-9-17(12)15(19)11(2)16-14(18)13-8-6-10-20-13/h6,8,10-12H,3-5,7,9H2,1-2H3,(H,16,18). The summed E-state index contributed by atoms with van der Waals surface area (Å²) in [7, 11) is 0. The zero-order valence-corrected chi connectivity index (χ0v) is 12.9. The van der Waals surface area contributed by atoms with E-state index in [0.29, 0.717) is 10.9 Å². The largest absolute Gasteiger partial charge is 0.340 e. The molecule has 2 heterocycles. The first-order valence-corrected chi connectivity index (χ1v) is 8.16. The minimum Gasteiger partial charge on any atom is -0.340 e. The molecule has 1 saturated heterocycles. The van der Waals surface area contributed by atoms with Crippen LogP contribution in [0.5, 0.6) is 0 Å². The van der Waals surface area contributed by atoms with E-state index in [1.165, 1.54) is 17.8 Å². The predicted octanol–water partition coefficient (Wildman–Crippen LogP) is 2.66. The van der Waals surface area contributed by atoms with Gasteiger partial charge in [-0.05, 0) is 44.1 Å². The summed E-state index contributed by atoms with van der Waals surface area (Å²) in [5, 5.41) is 4.66. The summed E-state index contributed by atoms with van der Waals surface area (Å²) in [5.74, 6) is -0.118. The molecule has 20 heavy (non-hydrogen) atoms. The van der Waals surface area contributed by atoms with Crippen LogP contribution in [0.15, 0.2) is 17.5 Å². The van der Waals surface area contributed by atoms with Crippen molar-refractivity contribution in [1.82, 2.24) is 10.2 Å². The molecule has 0 bridgehead atoms. The third kappa shape index (κ3) is 3.39. The fraction of sp³-hybridized carbons (Fsp3) is 0.600. The summed E-state index contributed by atoms with van der Waals surface area (Å²) in [6, 6.07) is 3.48. The maximum Gasteiger partial charge on any atom is 0.261 e. The summed E-state index contributed by atoms with van der Waals surface area (Å²) in [5.41, 5.74) is 0. The maximum absolute atomic E-state index is 12.5. The van der Waals surface area contributed by atoms with Crippen molar-refractivity contribution >= 4 is 23.2 Å². The van der Waals surface area contributed by atoms with Crippen LogP contribution in [0.1, 0.15) is 49.2 Å². The maximum atomic E-state index is 12.5. The number of hydrogen-bond donors (Lipinski definition) is 1. The minimum absolute atomic E-state index is 0.0430. The van der Waals surface area contributed by atoms with Crippen molar-refractivity contribution in [1.29, 1.82) is 0 Å². The first-order chi connectivity index (χ1) is 9.63. The molecule has 2 unspecified atom stereocenters. The highest BCUT2D eigenvalue weighted by atomic mass is 32.1. The van der Waals surface area contributed by atoms with E-state index in [1.807, 2.05) is 16.3 Å². The van der Waals surface area contributed by atoms with Crippen molar-refractivity contribution < 1.29 is 9.59 Å². The van der Waals surface area contributed by atoms with Crippen molar-refractivity contribution in [3.8, 4) is 0 Å². The molecule has 0 radical (unpaired) electrons. The Morgan fingerprint density at radius 2 is 2.30 bits per heavy atom. The fourth-order valence-corrected chi connectivity index (χ4v) is 3.33. The second-order valence-corrected chi connectivity index (χ2v) is 6.21. The van der Waals surface area contributed by atoms with Crippen LogP contribution in [0.2, 0.25) is 0 Å². The number of nitrogens with one attached hydrogen (secondary N) is 1. The van der Waals surface area contributed by atoms with Gasteiger partial charge in [0.1, 0.15) is 6.04 Å². The molecule has 0 saturated carbocycles. The zero-order chi connectivity index (χ0) is 14.5. The Kier molecular flexibility index (Phi) is 5.17. The van der Waals surface area contributed by atoms with E-state index in [2.05, 4.69) is 12.2 Å². The van der Waals surface area contributed by atoms with Gasteiger partial charge in [0, 0.05) is 12.6 Å². The number of thiophene rings is 1. The lowest BCUT2D eigenvalue weighted by Crippen LogP contribution is -2.52. The van der Waals surface area contributed by atoms with Gasteiger partial charge in [-0.2, -0.15) is 0 Å². The Balaban J connectivity index is 1.95. The van der Waals surface area contributed by atoms with Crippen LogP contribution < -0.4 is 5.32 Å². The van der Waals surface area contributed by atoms with Gasteiger partial charge in [-0.15, -0.1) is 11.3 Å². The molecular weight excluding hydrogens is 272 g/mol. The van der Waals surface area contributed by atoms with Crippen LogP contribution in [0, 0.1) is 0 Å². The summed E-state index contributed by atoms with van der Waals surface area (Å²) in [6.07, 6.45) is 4.32. The van der Waals surface area contributed by atoms with Crippen LogP contribution in [0.3, 0.4) is 0 Å². The number of carbonyl (C=O) groups excluding carboxylic acids is 2. The van der Waals surface area contributed by atoms with Gasteiger partial charge in [-0.25, -0.2) is 0 Å². The molecule has 1 N–H and O–H groups in total. The van der Waals surface area contributed by atoms with Gasteiger partial charge < -0.3 is 10.2 Å². The third-order valence-electron chi connectivity index (χ3n) is 3.84. The summed E-state index contributed by atoms with van der Waals surface area (Å²) >= 11 is 1.39. The lowest BCUT2D eigenvalue weighted by molar-refractivity contribution is -0.136. The topological polar surface area (TPSA) is 49.4 Å². The molecule has 0 aromatic carbocycles. The highest BCUT2D eigenvalue weighted by Gasteiger charge is 2.29. The number of amides is 2. The Bertz CT molecular complexity index is 458. The van der Waals surface area contributed by atoms with Gasteiger partial charge >= 0.3 is 0 Å². The highest BCUT2D eigenvalue weighted by molar-refractivity contribution is 7.12. The van der Waals surface area contributed by atoms with Gasteiger partial charge in [0.05, 0.1) is 4.88 Å². The molecule has 2 rings (SSSR count). The molecule has 0 spiro atoms. The predicted molar refractivity (Wildman–Crippen MR) is 80.9 cm³/mol. The SMILES string of the molecule is CCC1CCCCN1C(=O)C(C)NC(=O)c1cccs1. The number of carbonyl (C=O) groups is 2. The van der Waals surface area contributed by atoms with Gasteiger partial charge in [-0.3, -0.25) is 9.59 Å². The third-order valence-corrected chi connectivity index (χ3v) is 4.71. The molecule has 1 aromatic rings. The minimum atomic E-state index is -0.461. The Labute approximate surface area is 124 Å². The quantitative estimate of drug-likeness (QED) is 0.928. The van der Waals surface area contributed by atoms with Crippen LogP contribution >= 0.6 is 11.3 Å². The van der Waals surface area contributed by atoms with Crippen molar-refractivity contribution in [2.24, 2.45) is 0 Å². The van der Waals surface area contributed by atoms with Crippen LogP contribution in [0.25, 0.3) is 0 Å².